The lowest BCUT2D eigenvalue weighted by Crippen LogP contribution is -2.12. The minimum atomic E-state index is -0.372. The van der Waals surface area contributed by atoms with Crippen molar-refractivity contribution < 1.29 is 9.18 Å². The topological polar surface area (TPSA) is 82.7 Å². The number of carbonyl (C=O) groups is 1. The molecule has 0 saturated carbocycles. The molecule has 0 radical (unpaired) electrons. The first-order valence-electron chi connectivity index (χ1n) is 8.81. The van der Waals surface area contributed by atoms with Crippen molar-refractivity contribution in [2.45, 2.75) is 13.0 Å². The van der Waals surface area contributed by atoms with Crippen LogP contribution in [0, 0.1) is 5.82 Å². The number of nitrogens with one attached hydrogen (secondary N) is 3. The zero-order valence-corrected chi connectivity index (χ0v) is 15.1. The molecule has 0 aliphatic rings. The van der Waals surface area contributed by atoms with Crippen LogP contribution in [0.4, 0.5) is 15.9 Å². The van der Waals surface area contributed by atoms with Crippen LogP contribution in [0.25, 0.3) is 11.0 Å². The first kappa shape index (κ1) is 17.7. The van der Waals surface area contributed by atoms with Gasteiger partial charge in [0.05, 0.1) is 5.39 Å². The molecular formula is C21H18FN5O. The van der Waals surface area contributed by atoms with Gasteiger partial charge in [-0.25, -0.2) is 14.4 Å². The van der Waals surface area contributed by atoms with Gasteiger partial charge in [-0.2, -0.15) is 0 Å². The number of anilines is 2. The molecule has 2 aromatic carbocycles. The van der Waals surface area contributed by atoms with Gasteiger partial charge in [0.25, 0.3) is 5.91 Å². The van der Waals surface area contributed by atoms with Crippen molar-refractivity contribution in [2.24, 2.45) is 0 Å². The van der Waals surface area contributed by atoms with E-state index in [2.05, 4.69) is 25.6 Å². The van der Waals surface area contributed by atoms with E-state index in [-0.39, 0.29) is 17.8 Å². The Labute approximate surface area is 160 Å². The van der Waals surface area contributed by atoms with Crippen LogP contribution < -0.4 is 10.6 Å². The Morgan fingerprint density at radius 1 is 1.04 bits per heavy atom. The highest BCUT2D eigenvalue weighted by molar-refractivity contribution is 6.04. The Morgan fingerprint density at radius 3 is 2.54 bits per heavy atom. The number of nitrogens with zero attached hydrogens (tertiary/aromatic N) is 2. The molecule has 7 heteroatoms. The number of aromatic nitrogens is 3. The molecule has 2 aromatic heterocycles. The van der Waals surface area contributed by atoms with Crippen LogP contribution in [0.5, 0.6) is 0 Å². The molecule has 1 atom stereocenters. The molecule has 1 amide bonds. The van der Waals surface area contributed by atoms with Crippen molar-refractivity contribution in [1.82, 2.24) is 15.0 Å². The second-order valence-corrected chi connectivity index (χ2v) is 6.41. The molecule has 0 aliphatic heterocycles. The Hall–Kier alpha value is -3.74. The average molecular weight is 375 g/mol. The summed E-state index contributed by atoms with van der Waals surface area (Å²) in [5.41, 5.74) is 2.89. The minimum Gasteiger partial charge on any atom is -0.363 e. The van der Waals surface area contributed by atoms with Crippen molar-refractivity contribution >= 4 is 28.4 Å². The summed E-state index contributed by atoms with van der Waals surface area (Å²) in [4.78, 5) is 23.8. The van der Waals surface area contributed by atoms with Gasteiger partial charge in [0.15, 0.2) is 0 Å². The number of H-pyrrole nitrogens is 1. The Kier molecular flexibility index (Phi) is 4.72. The molecule has 28 heavy (non-hydrogen) atoms. The fourth-order valence-electron chi connectivity index (χ4n) is 2.94. The highest BCUT2D eigenvalue weighted by atomic mass is 19.1. The number of benzene rings is 2. The summed E-state index contributed by atoms with van der Waals surface area (Å²) in [6, 6.07) is 14.9. The van der Waals surface area contributed by atoms with E-state index in [1.54, 1.807) is 0 Å². The first-order chi connectivity index (χ1) is 13.6. The molecule has 0 fully saturated rings. The number of rotatable bonds is 5. The maximum absolute atomic E-state index is 13.0. The van der Waals surface area contributed by atoms with E-state index in [0.29, 0.717) is 11.3 Å². The molecule has 3 N–H and O–H groups in total. The summed E-state index contributed by atoms with van der Waals surface area (Å²) in [7, 11) is 0. The molecule has 0 unspecified atom stereocenters. The lowest BCUT2D eigenvalue weighted by molar-refractivity contribution is 0.102. The smallest absolute Gasteiger partial charge is 0.255 e. The van der Waals surface area contributed by atoms with Gasteiger partial charge in [-0.05, 0) is 55.0 Å². The van der Waals surface area contributed by atoms with E-state index in [1.165, 1.54) is 30.6 Å². The lowest BCUT2D eigenvalue weighted by Gasteiger charge is -2.16. The fraction of sp³-hybridized carbons (Fsp3) is 0.0952. The minimum absolute atomic E-state index is 0.00912. The number of fused-ring (bicyclic) bond motifs is 1. The van der Waals surface area contributed by atoms with Crippen molar-refractivity contribution in [3.05, 3.63) is 84.1 Å². The van der Waals surface area contributed by atoms with Crippen LogP contribution in [-0.2, 0) is 0 Å². The normalized spacial score (nSPS) is 11.9. The van der Waals surface area contributed by atoms with E-state index in [4.69, 9.17) is 0 Å². The SMILES string of the molecule is C[C@H](Nc1ncnc2[nH]ccc12)c1ccc(NC(=O)c2ccc(F)cc2)cc1. The second kappa shape index (κ2) is 7.48. The van der Waals surface area contributed by atoms with Crippen molar-refractivity contribution in [3.8, 4) is 0 Å². The van der Waals surface area contributed by atoms with Gasteiger partial charge in [0.2, 0.25) is 0 Å². The quantitative estimate of drug-likeness (QED) is 0.479. The molecule has 6 nitrogen and oxygen atoms in total. The summed E-state index contributed by atoms with van der Waals surface area (Å²) < 4.78 is 13.0. The summed E-state index contributed by atoms with van der Waals surface area (Å²) in [6.07, 6.45) is 3.34. The van der Waals surface area contributed by atoms with Crippen LogP contribution in [0.3, 0.4) is 0 Å². The van der Waals surface area contributed by atoms with Crippen LogP contribution >= 0.6 is 0 Å². The molecule has 140 valence electrons. The van der Waals surface area contributed by atoms with Gasteiger partial charge in [-0.1, -0.05) is 12.1 Å². The number of amides is 1. The standard InChI is InChI=1S/C21H18FN5O/c1-13(26-20-18-10-11-23-19(18)24-12-25-20)14-4-8-17(9-5-14)27-21(28)15-2-6-16(22)7-3-15/h2-13H,1H3,(H,27,28)(H2,23,24,25,26)/t13-/m0/s1. The molecule has 2 heterocycles. The summed E-state index contributed by atoms with van der Waals surface area (Å²) in [5, 5.41) is 7.12. The van der Waals surface area contributed by atoms with Gasteiger partial charge >= 0.3 is 0 Å². The third-order valence-corrected chi connectivity index (χ3v) is 4.48. The second-order valence-electron chi connectivity index (χ2n) is 6.41. The van der Waals surface area contributed by atoms with Crippen molar-refractivity contribution in [2.75, 3.05) is 10.6 Å². The first-order valence-corrected chi connectivity index (χ1v) is 8.81. The number of aromatic amines is 1. The molecule has 4 rings (SSSR count). The molecule has 0 bridgehead atoms. The maximum Gasteiger partial charge on any atom is 0.255 e. The van der Waals surface area contributed by atoms with E-state index in [1.807, 2.05) is 43.5 Å². The predicted octanol–water partition coefficient (Wildman–Crippen LogP) is 4.52. The highest BCUT2D eigenvalue weighted by Gasteiger charge is 2.11. The summed E-state index contributed by atoms with van der Waals surface area (Å²) >= 11 is 0. The number of hydrogen-bond acceptors (Lipinski definition) is 4. The largest absolute Gasteiger partial charge is 0.363 e. The van der Waals surface area contributed by atoms with E-state index < -0.39 is 0 Å². The third-order valence-electron chi connectivity index (χ3n) is 4.48. The molecule has 0 aliphatic carbocycles. The van der Waals surface area contributed by atoms with E-state index in [0.717, 1.165) is 22.4 Å². The predicted molar refractivity (Wildman–Crippen MR) is 107 cm³/mol. The molecular weight excluding hydrogens is 357 g/mol. The van der Waals surface area contributed by atoms with E-state index >= 15 is 0 Å². The molecule has 0 saturated heterocycles. The number of halogens is 1. The zero-order valence-electron chi connectivity index (χ0n) is 15.1. The van der Waals surface area contributed by atoms with Gasteiger partial charge in [0, 0.05) is 23.5 Å². The highest BCUT2D eigenvalue weighted by Crippen LogP contribution is 2.24. The molecule has 0 spiro atoms. The van der Waals surface area contributed by atoms with Crippen LogP contribution in [0.15, 0.2) is 67.1 Å². The monoisotopic (exact) mass is 375 g/mol. The van der Waals surface area contributed by atoms with Crippen molar-refractivity contribution in [1.29, 1.82) is 0 Å². The Bertz CT molecular complexity index is 1110. The molecule has 4 aromatic rings. The van der Waals surface area contributed by atoms with Crippen LogP contribution in [0.1, 0.15) is 28.9 Å². The van der Waals surface area contributed by atoms with Gasteiger partial charge in [-0.3, -0.25) is 4.79 Å². The van der Waals surface area contributed by atoms with Crippen LogP contribution in [0.2, 0.25) is 0 Å². The third kappa shape index (κ3) is 3.68. The fourth-order valence-corrected chi connectivity index (χ4v) is 2.94. The van der Waals surface area contributed by atoms with Crippen molar-refractivity contribution in [3.63, 3.8) is 0 Å². The van der Waals surface area contributed by atoms with E-state index in [9.17, 15) is 9.18 Å². The Balaban J connectivity index is 1.44. The zero-order chi connectivity index (χ0) is 19.5. The van der Waals surface area contributed by atoms with Crippen LogP contribution in [-0.4, -0.2) is 20.9 Å². The summed E-state index contributed by atoms with van der Waals surface area (Å²) in [5.74, 6) is 0.102. The lowest BCUT2D eigenvalue weighted by atomic mass is 10.1. The Morgan fingerprint density at radius 2 is 1.79 bits per heavy atom. The van der Waals surface area contributed by atoms with Gasteiger partial charge < -0.3 is 15.6 Å². The maximum atomic E-state index is 13.0. The average Bonchev–Trinajstić information content (AvgIpc) is 3.19. The number of hydrogen-bond donors (Lipinski definition) is 3. The summed E-state index contributed by atoms with van der Waals surface area (Å²) in [6.45, 7) is 2.03. The number of carbonyl (C=O) groups excluding carboxylic acids is 1. The van der Waals surface area contributed by atoms with Gasteiger partial charge in [0.1, 0.15) is 23.6 Å². The van der Waals surface area contributed by atoms with Gasteiger partial charge in [-0.15, -0.1) is 0 Å².